The minimum absolute atomic E-state index is 0.114. The van der Waals surface area contributed by atoms with Gasteiger partial charge in [0.15, 0.2) is 0 Å². The Hall–Kier alpha value is -1.39. The molecule has 2 atom stereocenters. The molecule has 0 spiro atoms. The molecule has 128 valence electrons. The molecule has 1 aromatic rings. The van der Waals surface area contributed by atoms with Crippen LogP contribution >= 0.6 is 0 Å². The predicted molar refractivity (Wildman–Crippen MR) is 93.6 cm³/mol. The molecule has 1 heterocycles. The standard InChI is InChI=1S/C19H30N2O2/c1-6-21(14(2)3)19(22)18-9-7-17(8-10-18)13-20-11-15(4)23-16(5)12-20/h7-10,14-16H,6,11-13H2,1-5H3. The molecule has 1 amide bonds. The highest BCUT2D eigenvalue weighted by Crippen LogP contribution is 2.16. The van der Waals surface area contributed by atoms with Crippen LogP contribution in [0.1, 0.15) is 50.5 Å². The van der Waals surface area contributed by atoms with Gasteiger partial charge in [0.1, 0.15) is 0 Å². The predicted octanol–water partition coefficient (Wildman–Crippen LogP) is 3.17. The topological polar surface area (TPSA) is 32.8 Å². The molecule has 1 aliphatic rings. The Balaban J connectivity index is 2.00. The van der Waals surface area contributed by atoms with Crippen LogP contribution in [0.15, 0.2) is 24.3 Å². The Kier molecular flexibility index (Phi) is 6.19. The number of nitrogens with zero attached hydrogens (tertiary/aromatic N) is 2. The third kappa shape index (κ3) is 4.79. The van der Waals surface area contributed by atoms with Crippen molar-refractivity contribution >= 4 is 5.91 Å². The van der Waals surface area contributed by atoms with E-state index in [0.29, 0.717) is 0 Å². The van der Waals surface area contributed by atoms with E-state index in [2.05, 4.69) is 44.7 Å². The highest BCUT2D eigenvalue weighted by atomic mass is 16.5. The fourth-order valence-electron chi connectivity index (χ4n) is 3.33. The van der Waals surface area contributed by atoms with Crippen molar-refractivity contribution in [2.45, 2.75) is 59.4 Å². The van der Waals surface area contributed by atoms with Gasteiger partial charge >= 0.3 is 0 Å². The maximum Gasteiger partial charge on any atom is 0.254 e. The average molecular weight is 318 g/mol. The van der Waals surface area contributed by atoms with Gasteiger partial charge in [0, 0.05) is 37.8 Å². The van der Waals surface area contributed by atoms with Crippen LogP contribution < -0.4 is 0 Å². The van der Waals surface area contributed by atoms with E-state index in [9.17, 15) is 4.79 Å². The van der Waals surface area contributed by atoms with E-state index in [0.717, 1.165) is 31.7 Å². The van der Waals surface area contributed by atoms with E-state index < -0.39 is 0 Å². The monoisotopic (exact) mass is 318 g/mol. The summed E-state index contributed by atoms with van der Waals surface area (Å²) in [5.41, 5.74) is 2.02. The summed E-state index contributed by atoms with van der Waals surface area (Å²) >= 11 is 0. The van der Waals surface area contributed by atoms with Crippen LogP contribution in [0, 0.1) is 0 Å². The number of rotatable bonds is 5. The lowest BCUT2D eigenvalue weighted by atomic mass is 10.1. The maximum atomic E-state index is 12.5. The Morgan fingerprint density at radius 2 is 1.78 bits per heavy atom. The van der Waals surface area contributed by atoms with E-state index in [4.69, 9.17) is 4.74 Å². The zero-order valence-electron chi connectivity index (χ0n) is 15.1. The second-order valence-corrected chi connectivity index (χ2v) is 6.83. The zero-order chi connectivity index (χ0) is 17.0. The third-order valence-corrected chi connectivity index (χ3v) is 4.33. The van der Waals surface area contributed by atoms with Gasteiger partial charge in [-0.15, -0.1) is 0 Å². The van der Waals surface area contributed by atoms with Gasteiger partial charge in [0.2, 0.25) is 0 Å². The van der Waals surface area contributed by atoms with Crippen LogP contribution in [0.5, 0.6) is 0 Å². The summed E-state index contributed by atoms with van der Waals surface area (Å²) in [5, 5.41) is 0. The van der Waals surface area contributed by atoms with Crippen molar-refractivity contribution in [1.82, 2.24) is 9.80 Å². The minimum atomic E-state index is 0.114. The Morgan fingerprint density at radius 3 is 2.26 bits per heavy atom. The van der Waals surface area contributed by atoms with Gasteiger partial charge in [-0.1, -0.05) is 12.1 Å². The van der Waals surface area contributed by atoms with Crippen LogP contribution in [0.4, 0.5) is 0 Å². The molecule has 23 heavy (non-hydrogen) atoms. The number of ether oxygens (including phenoxy) is 1. The van der Waals surface area contributed by atoms with Gasteiger partial charge in [-0.25, -0.2) is 0 Å². The zero-order valence-corrected chi connectivity index (χ0v) is 15.1. The van der Waals surface area contributed by atoms with Gasteiger partial charge in [-0.2, -0.15) is 0 Å². The maximum absolute atomic E-state index is 12.5. The van der Waals surface area contributed by atoms with Crippen LogP contribution in [0.2, 0.25) is 0 Å². The molecular formula is C19H30N2O2. The molecule has 2 rings (SSSR count). The molecule has 1 fully saturated rings. The number of morpholine rings is 1. The molecule has 2 unspecified atom stereocenters. The molecule has 0 aliphatic carbocycles. The molecule has 1 saturated heterocycles. The number of amides is 1. The number of carbonyl (C=O) groups is 1. The first-order valence-corrected chi connectivity index (χ1v) is 8.68. The molecule has 4 heteroatoms. The normalized spacial score (nSPS) is 22.3. The van der Waals surface area contributed by atoms with Gasteiger partial charge < -0.3 is 9.64 Å². The van der Waals surface area contributed by atoms with Crippen molar-refractivity contribution in [2.75, 3.05) is 19.6 Å². The number of hydrogen-bond acceptors (Lipinski definition) is 3. The van der Waals surface area contributed by atoms with E-state index in [1.54, 1.807) is 0 Å². The van der Waals surface area contributed by atoms with Crippen molar-refractivity contribution in [1.29, 1.82) is 0 Å². The molecule has 4 nitrogen and oxygen atoms in total. The largest absolute Gasteiger partial charge is 0.373 e. The molecule has 0 radical (unpaired) electrons. The average Bonchev–Trinajstić information content (AvgIpc) is 2.47. The van der Waals surface area contributed by atoms with E-state index >= 15 is 0 Å². The summed E-state index contributed by atoms with van der Waals surface area (Å²) in [6.07, 6.45) is 0.563. The highest BCUT2D eigenvalue weighted by molar-refractivity contribution is 5.94. The molecular weight excluding hydrogens is 288 g/mol. The van der Waals surface area contributed by atoms with Crippen molar-refractivity contribution in [3.8, 4) is 0 Å². The molecule has 0 saturated carbocycles. The number of carbonyl (C=O) groups excluding carboxylic acids is 1. The van der Waals surface area contributed by atoms with Crippen molar-refractivity contribution in [3.05, 3.63) is 35.4 Å². The first kappa shape index (κ1) is 18.0. The molecule has 0 N–H and O–H groups in total. The minimum Gasteiger partial charge on any atom is -0.373 e. The van der Waals surface area contributed by atoms with E-state index in [1.807, 2.05) is 24.0 Å². The fourth-order valence-corrected chi connectivity index (χ4v) is 3.33. The molecule has 1 aromatic carbocycles. The van der Waals surface area contributed by atoms with Gasteiger partial charge in [-0.3, -0.25) is 9.69 Å². The smallest absolute Gasteiger partial charge is 0.254 e. The summed E-state index contributed by atoms with van der Waals surface area (Å²) < 4.78 is 5.77. The first-order chi connectivity index (χ1) is 10.9. The fraction of sp³-hybridized carbons (Fsp3) is 0.632. The summed E-state index contributed by atoms with van der Waals surface area (Å²) in [4.78, 5) is 16.8. The third-order valence-electron chi connectivity index (χ3n) is 4.33. The number of hydrogen-bond donors (Lipinski definition) is 0. The SMILES string of the molecule is CCN(C(=O)c1ccc(CN2CC(C)OC(C)C2)cc1)C(C)C. The second-order valence-electron chi connectivity index (χ2n) is 6.83. The van der Waals surface area contributed by atoms with Crippen LogP contribution in [-0.4, -0.2) is 53.6 Å². The lowest BCUT2D eigenvalue weighted by Gasteiger charge is -2.35. The molecule has 1 aliphatic heterocycles. The molecule has 0 aromatic heterocycles. The lowest BCUT2D eigenvalue weighted by Crippen LogP contribution is -2.44. The van der Waals surface area contributed by atoms with Crippen molar-refractivity contribution in [2.24, 2.45) is 0 Å². The quantitative estimate of drug-likeness (QED) is 0.836. The molecule has 0 bridgehead atoms. The Labute approximate surface area is 140 Å². The van der Waals surface area contributed by atoms with Crippen molar-refractivity contribution < 1.29 is 9.53 Å². The summed E-state index contributed by atoms with van der Waals surface area (Å²) in [6, 6.07) is 8.29. The van der Waals surface area contributed by atoms with Gasteiger partial charge in [0.25, 0.3) is 5.91 Å². The van der Waals surface area contributed by atoms with Gasteiger partial charge in [-0.05, 0) is 52.3 Å². The number of benzene rings is 1. The van der Waals surface area contributed by atoms with Crippen LogP contribution in [-0.2, 0) is 11.3 Å². The van der Waals surface area contributed by atoms with Crippen molar-refractivity contribution in [3.63, 3.8) is 0 Å². The van der Waals surface area contributed by atoms with E-state index in [-0.39, 0.29) is 24.2 Å². The summed E-state index contributed by atoms with van der Waals surface area (Å²) in [7, 11) is 0. The summed E-state index contributed by atoms with van der Waals surface area (Å²) in [6.45, 7) is 13.9. The first-order valence-electron chi connectivity index (χ1n) is 8.68. The van der Waals surface area contributed by atoms with Crippen LogP contribution in [0.25, 0.3) is 0 Å². The van der Waals surface area contributed by atoms with Crippen LogP contribution in [0.3, 0.4) is 0 Å². The van der Waals surface area contributed by atoms with E-state index in [1.165, 1.54) is 5.56 Å². The Morgan fingerprint density at radius 1 is 1.22 bits per heavy atom. The lowest BCUT2D eigenvalue weighted by molar-refractivity contribution is -0.0704. The summed E-state index contributed by atoms with van der Waals surface area (Å²) in [5.74, 6) is 0.114. The van der Waals surface area contributed by atoms with Gasteiger partial charge in [0.05, 0.1) is 12.2 Å². The second kappa shape index (κ2) is 7.93. The highest BCUT2D eigenvalue weighted by Gasteiger charge is 2.22. The Bertz CT molecular complexity index is 503.